The zero-order chi connectivity index (χ0) is 22.2. The lowest BCUT2D eigenvalue weighted by molar-refractivity contribution is -0.211. The van der Waals surface area contributed by atoms with Crippen LogP contribution in [0.5, 0.6) is 0 Å². The average Bonchev–Trinajstić information content (AvgIpc) is 2.74. The van der Waals surface area contributed by atoms with Gasteiger partial charge in [0, 0.05) is 29.4 Å². The smallest absolute Gasteiger partial charge is 0.330 e. The van der Waals surface area contributed by atoms with Gasteiger partial charge in [-0.05, 0) is 52.0 Å². The largest absolute Gasteiger partial charge is 0.367 e. The van der Waals surface area contributed by atoms with Crippen molar-refractivity contribution in [3.05, 3.63) is 54.3 Å². The summed E-state index contributed by atoms with van der Waals surface area (Å²) < 4.78 is 13.4. The van der Waals surface area contributed by atoms with Crippen molar-refractivity contribution in [1.29, 1.82) is 0 Å². The zero-order valence-corrected chi connectivity index (χ0v) is 18.3. The van der Waals surface area contributed by atoms with Crippen LogP contribution in [0.25, 0.3) is 22.0 Å². The summed E-state index contributed by atoms with van der Waals surface area (Å²) in [6, 6.07) is 14.3. The Morgan fingerprint density at radius 2 is 1.71 bits per heavy atom. The zero-order valence-electron chi connectivity index (χ0n) is 18.3. The number of rotatable bonds is 3. The molecule has 0 bridgehead atoms. The van der Waals surface area contributed by atoms with Crippen molar-refractivity contribution in [3.63, 3.8) is 0 Å². The van der Waals surface area contributed by atoms with Crippen molar-refractivity contribution >= 4 is 22.6 Å². The molecule has 3 aromatic rings. The molecule has 0 radical (unpaired) electrons. The minimum atomic E-state index is -0.547. The lowest BCUT2D eigenvalue weighted by Gasteiger charge is -2.39. The van der Waals surface area contributed by atoms with Gasteiger partial charge >= 0.3 is 5.97 Å². The van der Waals surface area contributed by atoms with Crippen LogP contribution in [0.15, 0.2) is 48.5 Å². The molecule has 1 aliphatic heterocycles. The van der Waals surface area contributed by atoms with Gasteiger partial charge in [-0.15, -0.1) is 15.3 Å². The van der Waals surface area contributed by atoms with E-state index in [1.165, 1.54) is 12.1 Å². The van der Waals surface area contributed by atoms with Crippen LogP contribution in [0, 0.1) is 11.2 Å². The van der Waals surface area contributed by atoms with Crippen molar-refractivity contribution in [3.8, 4) is 11.3 Å². The van der Waals surface area contributed by atoms with Crippen LogP contribution in [0.1, 0.15) is 27.7 Å². The second kappa shape index (κ2) is 8.23. The van der Waals surface area contributed by atoms with E-state index in [2.05, 4.69) is 15.1 Å². The van der Waals surface area contributed by atoms with E-state index in [1.807, 2.05) is 52.0 Å². The monoisotopic (exact) mass is 422 g/mol. The van der Waals surface area contributed by atoms with E-state index >= 15 is 0 Å². The Labute approximate surface area is 181 Å². The molecule has 162 valence electrons. The number of aromatic nitrogens is 2. The van der Waals surface area contributed by atoms with E-state index in [4.69, 9.17) is 4.84 Å². The van der Waals surface area contributed by atoms with E-state index < -0.39 is 5.41 Å². The summed E-state index contributed by atoms with van der Waals surface area (Å²) >= 11 is 0. The standard InChI is InChI=1S/C24H27FN4O2/c1-16-15-28(13-14-29(16)31-23(30)24(2,3)4)22-20-8-6-5-7-19(20)21(26-27-22)17-9-11-18(25)12-10-17/h5-12,16H,13-15H2,1-4H3/t16-/m0/s1. The Morgan fingerprint density at radius 3 is 2.35 bits per heavy atom. The van der Waals surface area contributed by atoms with Crippen LogP contribution in [0.4, 0.5) is 10.2 Å². The minimum Gasteiger partial charge on any atom is -0.367 e. The van der Waals surface area contributed by atoms with E-state index in [1.54, 1.807) is 17.2 Å². The predicted molar refractivity (Wildman–Crippen MR) is 119 cm³/mol. The van der Waals surface area contributed by atoms with E-state index in [0.29, 0.717) is 19.6 Å². The van der Waals surface area contributed by atoms with Crippen LogP contribution in [-0.2, 0) is 9.63 Å². The fraction of sp³-hybridized carbons (Fsp3) is 0.375. The summed E-state index contributed by atoms with van der Waals surface area (Å²) in [5, 5.41) is 12.8. The lowest BCUT2D eigenvalue weighted by atomic mass is 9.98. The molecule has 0 spiro atoms. The van der Waals surface area contributed by atoms with Gasteiger partial charge < -0.3 is 9.74 Å². The van der Waals surface area contributed by atoms with Crippen LogP contribution in [0.3, 0.4) is 0 Å². The Morgan fingerprint density at radius 1 is 1.03 bits per heavy atom. The molecule has 1 fully saturated rings. The van der Waals surface area contributed by atoms with Crippen molar-refractivity contribution in [2.24, 2.45) is 5.41 Å². The maximum atomic E-state index is 13.4. The normalized spacial score (nSPS) is 17.7. The number of piperazine rings is 1. The summed E-state index contributed by atoms with van der Waals surface area (Å²) in [6.07, 6.45) is 0. The summed E-state index contributed by atoms with van der Waals surface area (Å²) in [7, 11) is 0. The summed E-state index contributed by atoms with van der Waals surface area (Å²) in [4.78, 5) is 20.1. The van der Waals surface area contributed by atoms with Gasteiger partial charge in [0.15, 0.2) is 5.82 Å². The first-order chi connectivity index (χ1) is 14.7. The molecular formula is C24H27FN4O2. The Balaban J connectivity index is 1.61. The fourth-order valence-electron chi connectivity index (χ4n) is 3.66. The van der Waals surface area contributed by atoms with Crippen LogP contribution in [-0.4, -0.2) is 46.9 Å². The highest BCUT2D eigenvalue weighted by Crippen LogP contribution is 2.32. The summed E-state index contributed by atoms with van der Waals surface area (Å²) in [5.41, 5.74) is 1.00. The second-order valence-electron chi connectivity index (χ2n) is 8.99. The van der Waals surface area contributed by atoms with Crippen molar-refractivity contribution in [2.75, 3.05) is 24.5 Å². The molecule has 1 aliphatic rings. The number of hydroxylamine groups is 2. The molecule has 1 aromatic heterocycles. The maximum absolute atomic E-state index is 13.4. The predicted octanol–water partition coefficient (Wildman–Crippen LogP) is 4.45. The molecule has 7 heteroatoms. The number of carbonyl (C=O) groups excluding carboxylic acids is 1. The lowest BCUT2D eigenvalue weighted by Crippen LogP contribution is -2.53. The van der Waals surface area contributed by atoms with Crippen molar-refractivity contribution in [2.45, 2.75) is 33.7 Å². The second-order valence-corrected chi connectivity index (χ2v) is 8.99. The number of halogens is 1. The third-order valence-electron chi connectivity index (χ3n) is 5.46. The van der Waals surface area contributed by atoms with Gasteiger partial charge in [0.2, 0.25) is 0 Å². The quantitative estimate of drug-likeness (QED) is 0.622. The van der Waals surface area contributed by atoms with Gasteiger partial charge in [-0.2, -0.15) is 0 Å². The van der Waals surface area contributed by atoms with Gasteiger partial charge in [-0.25, -0.2) is 9.18 Å². The number of hydrogen-bond acceptors (Lipinski definition) is 6. The first kappa shape index (κ1) is 21.2. The summed E-state index contributed by atoms with van der Waals surface area (Å²) in [6.45, 7) is 9.48. The van der Waals surface area contributed by atoms with Crippen LogP contribution in [0.2, 0.25) is 0 Å². The molecule has 2 aromatic carbocycles. The van der Waals surface area contributed by atoms with E-state index in [9.17, 15) is 9.18 Å². The molecular weight excluding hydrogens is 395 g/mol. The SMILES string of the molecule is C[C@H]1CN(c2nnc(-c3ccc(F)cc3)c3ccccc23)CCN1OC(=O)C(C)(C)C. The molecule has 0 N–H and O–H groups in total. The molecule has 0 amide bonds. The third kappa shape index (κ3) is 4.37. The highest BCUT2D eigenvalue weighted by atomic mass is 19.1. The number of fused-ring (bicyclic) bond motifs is 1. The highest BCUT2D eigenvalue weighted by Gasteiger charge is 2.32. The van der Waals surface area contributed by atoms with Gasteiger partial charge in [0.25, 0.3) is 0 Å². The van der Waals surface area contributed by atoms with Gasteiger partial charge in [0.1, 0.15) is 11.5 Å². The topological polar surface area (TPSA) is 58.6 Å². The first-order valence-electron chi connectivity index (χ1n) is 10.5. The summed E-state index contributed by atoms with van der Waals surface area (Å²) in [5.74, 6) is 0.286. The minimum absolute atomic E-state index is 0.0115. The molecule has 0 unspecified atom stereocenters. The van der Waals surface area contributed by atoms with Gasteiger partial charge in [0.05, 0.1) is 18.0 Å². The van der Waals surface area contributed by atoms with E-state index in [0.717, 1.165) is 27.8 Å². The molecule has 0 saturated carbocycles. The Kier molecular flexibility index (Phi) is 5.62. The van der Waals surface area contributed by atoms with Gasteiger partial charge in [-0.1, -0.05) is 24.3 Å². The Hall–Kier alpha value is -3.06. The average molecular weight is 423 g/mol. The van der Waals surface area contributed by atoms with Gasteiger partial charge in [-0.3, -0.25) is 0 Å². The van der Waals surface area contributed by atoms with Crippen LogP contribution < -0.4 is 4.90 Å². The molecule has 31 heavy (non-hydrogen) atoms. The maximum Gasteiger partial charge on any atom is 0.330 e. The number of anilines is 1. The third-order valence-corrected chi connectivity index (χ3v) is 5.46. The molecule has 1 atom stereocenters. The molecule has 1 saturated heterocycles. The highest BCUT2D eigenvalue weighted by molar-refractivity contribution is 6.00. The van der Waals surface area contributed by atoms with Crippen molar-refractivity contribution < 1.29 is 14.0 Å². The molecule has 2 heterocycles. The van der Waals surface area contributed by atoms with Crippen molar-refractivity contribution in [1.82, 2.24) is 15.3 Å². The number of benzene rings is 2. The van der Waals surface area contributed by atoms with Crippen LogP contribution >= 0.6 is 0 Å². The molecule has 4 rings (SSSR count). The fourth-order valence-corrected chi connectivity index (χ4v) is 3.66. The molecule has 6 nitrogen and oxygen atoms in total. The number of nitrogens with zero attached hydrogens (tertiary/aromatic N) is 4. The first-order valence-corrected chi connectivity index (χ1v) is 10.5. The number of carbonyl (C=O) groups is 1. The van der Waals surface area contributed by atoms with E-state index in [-0.39, 0.29) is 17.8 Å². The number of hydrogen-bond donors (Lipinski definition) is 0. The Bertz CT molecular complexity index is 1090. The molecule has 0 aliphatic carbocycles.